The monoisotopic (exact) mass is 370 g/mol. The summed E-state index contributed by atoms with van der Waals surface area (Å²) in [6.07, 6.45) is 4.18. The van der Waals surface area contributed by atoms with Gasteiger partial charge < -0.3 is 14.4 Å². The first-order chi connectivity index (χ1) is 11.8. The largest absolute Gasteiger partial charge is 0.493 e. The number of benzene rings is 1. The molecule has 1 saturated heterocycles. The van der Waals surface area contributed by atoms with Crippen LogP contribution >= 0.6 is 0 Å². The number of piperidine rings is 1. The maximum absolute atomic E-state index is 12.4. The highest BCUT2D eigenvalue weighted by atomic mass is 32.2. The molecule has 0 aliphatic carbocycles. The van der Waals surface area contributed by atoms with Crippen molar-refractivity contribution in [3.8, 4) is 11.5 Å². The molecule has 1 aliphatic rings. The second-order valence-corrected chi connectivity index (χ2v) is 8.14. The maximum atomic E-state index is 12.4. The number of hydrogen-bond donors (Lipinski definition) is 0. The Hall–Kier alpha value is -1.80. The summed E-state index contributed by atoms with van der Waals surface area (Å²) in [6.45, 7) is 1.37. The SMILES string of the molecule is COc1ccc(CN(CC(=O)N2CCCCC2)S(C)(=O)=O)cc1OC. The van der Waals surface area contributed by atoms with Crippen molar-refractivity contribution in [3.05, 3.63) is 23.8 Å². The Morgan fingerprint density at radius 1 is 1.12 bits per heavy atom. The van der Waals surface area contributed by atoms with E-state index in [1.807, 2.05) is 0 Å². The molecule has 0 aromatic heterocycles. The minimum absolute atomic E-state index is 0.110. The molecular weight excluding hydrogens is 344 g/mol. The van der Waals surface area contributed by atoms with Gasteiger partial charge in [-0.25, -0.2) is 8.42 Å². The molecule has 1 amide bonds. The molecule has 8 heteroatoms. The molecule has 1 aromatic carbocycles. The van der Waals surface area contributed by atoms with E-state index < -0.39 is 10.0 Å². The number of ether oxygens (including phenoxy) is 2. The quantitative estimate of drug-likeness (QED) is 0.727. The van der Waals surface area contributed by atoms with Gasteiger partial charge in [0.15, 0.2) is 11.5 Å². The van der Waals surface area contributed by atoms with E-state index in [2.05, 4.69) is 0 Å². The molecular formula is C17H26N2O5S. The molecule has 1 aromatic rings. The van der Waals surface area contributed by atoms with E-state index in [1.54, 1.807) is 23.1 Å². The minimum Gasteiger partial charge on any atom is -0.493 e. The zero-order valence-corrected chi connectivity index (χ0v) is 15.8. The number of carbonyl (C=O) groups excluding carboxylic acids is 1. The first kappa shape index (κ1) is 19.5. The maximum Gasteiger partial charge on any atom is 0.237 e. The summed E-state index contributed by atoms with van der Waals surface area (Å²) < 4.78 is 35.9. The van der Waals surface area contributed by atoms with Gasteiger partial charge in [-0.05, 0) is 37.0 Å². The Labute approximate surface area is 149 Å². The molecule has 0 saturated carbocycles. The predicted octanol–water partition coefficient (Wildman–Crippen LogP) is 1.48. The Morgan fingerprint density at radius 2 is 1.76 bits per heavy atom. The van der Waals surface area contributed by atoms with Crippen molar-refractivity contribution in [3.63, 3.8) is 0 Å². The average Bonchev–Trinajstić information content (AvgIpc) is 2.60. The number of nitrogens with zero attached hydrogens (tertiary/aromatic N) is 2. The predicted molar refractivity (Wildman–Crippen MR) is 95.2 cm³/mol. The summed E-state index contributed by atoms with van der Waals surface area (Å²) in [6, 6.07) is 5.22. The van der Waals surface area contributed by atoms with Crippen molar-refractivity contribution >= 4 is 15.9 Å². The molecule has 1 heterocycles. The summed E-state index contributed by atoms with van der Waals surface area (Å²) in [5.74, 6) is 0.947. The fraction of sp³-hybridized carbons (Fsp3) is 0.588. The molecule has 1 fully saturated rings. The molecule has 0 bridgehead atoms. The van der Waals surface area contributed by atoms with Crippen LogP contribution in [-0.4, -0.2) is 63.6 Å². The van der Waals surface area contributed by atoms with Crippen LogP contribution in [0.1, 0.15) is 24.8 Å². The number of hydrogen-bond acceptors (Lipinski definition) is 5. The molecule has 1 aliphatic heterocycles. The van der Waals surface area contributed by atoms with Gasteiger partial charge in [0.25, 0.3) is 0 Å². The molecule has 7 nitrogen and oxygen atoms in total. The third-order valence-electron chi connectivity index (χ3n) is 4.30. The van der Waals surface area contributed by atoms with Gasteiger partial charge >= 0.3 is 0 Å². The Bertz CT molecular complexity index is 699. The van der Waals surface area contributed by atoms with Crippen LogP contribution in [-0.2, 0) is 21.4 Å². The van der Waals surface area contributed by atoms with Crippen LogP contribution in [0, 0.1) is 0 Å². The van der Waals surface area contributed by atoms with Gasteiger partial charge in [0, 0.05) is 19.6 Å². The van der Waals surface area contributed by atoms with Gasteiger partial charge in [0.2, 0.25) is 15.9 Å². The molecule has 0 unspecified atom stereocenters. The Balaban J connectivity index is 2.14. The smallest absolute Gasteiger partial charge is 0.237 e. The second kappa shape index (κ2) is 8.53. The van der Waals surface area contributed by atoms with Crippen molar-refractivity contribution in [1.29, 1.82) is 0 Å². The topological polar surface area (TPSA) is 76.2 Å². The summed E-state index contributed by atoms with van der Waals surface area (Å²) in [7, 11) is -0.455. The molecule has 0 N–H and O–H groups in total. The van der Waals surface area contributed by atoms with Crippen molar-refractivity contribution in [1.82, 2.24) is 9.21 Å². The van der Waals surface area contributed by atoms with E-state index in [0.717, 1.165) is 31.1 Å². The van der Waals surface area contributed by atoms with Crippen LogP contribution in [0.5, 0.6) is 11.5 Å². The Kier molecular flexibility index (Phi) is 6.66. The summed E-state index contributed by atoms with van der Waals surface area (Å²) >= 11 is 0. The normalized spacial score (nSPS) is 15.3. The lowest BCUT2D eigenvalue weighted by Gasteiger charge is -2.29. The van der Waals surface area contributed by atoms with Crippen LogP contribution in [0.4, 0.5) is 0 Å². The fourth-order valence-electron chi connectivity index (χ4n) is 2.87. The van der Waals surface area contributed by atoms with Gasteiger partial charge in [-0.3, -0.25) is 4.79 Å². The zero-order valence-electron chi connectivity index (χ0n) is 15.0. The number of methoxy groups -OCH3 is 2. The van der Waals surface area contributed by atoms with Gasteiger partial charge in [0.1, 0.15) is 0 Å². The second-order valence-electron chi connectivity index (χ2n) is 6.16. The number of carbonyl (C=O) groups is 1. The third kappa shape index (κ3) is 5.34. The Morgan fingerprint density at radius 3 is 2.32 bits per heavy atom. The van der Waals surface area contributed by atoms with Crippen LogP contribution in [0.15, 0.2) is 18.2 Å². The average molecular weight is 370 g/mol. The van der Waals surface area contributed by atoms with Gasteiger partial charge in [-0.1, -0.05) is 6.07 Å². The van der Waals surface area contributed by atoms with E-state index in [9.17, 15) is 13.2 Å². The van der Waals surface area contributed by atoms with Crippen LogP contribution in [0.3, 0.4) is 0 Å². The lowest BCUT2D eigenvalue weighted by atomic mass is 10.1. The van der Waals surface area contributed by atoms with E-state index >= 15 is 0 Å². The molecule has 2 rings (SSSR count). The molecule has 0 spiro atoms. The van der Waals surface area contributed by atoms with E-state index in [4.69, 9.17) is 9.47 Å². The van der Waals surface area contributed by atoms with Crippen LogP contribution < -0.4 is 9.47 Å². The number of rotatable bonds is 7. The number of likely N-dealkylation sites (tertiary alicyclic amines) is 1. The lowest BCUT2D eigenvalue weighted by molar-refractivity contribution is -0.132. The molecule has 0 radical (unpaired) electrons. The van der Waals surface area contributed by atoms with Crippen molar-refractivity contribution in [2.45, 2.75) is 25.8 Å². The summed E-state index contributed by atoms with van der Waals surface area (Å²) in [5.41, 5.74) is 0.731. The van der Waals surface area contributed by atoms with Crippen LogP contribution in [0.2, 0.25) is 0 Å². The van der Waals surface area contributed by atoms with E-state index in [0.29, 0.717) is 24.6 Å². The van der Waals surface area contributed by atoms with Gasteiger partial charge in [-0.2, -0.15) is 4.31 Å². The zero-order chi connectivity index (χ0) is 18.4. The first-order valence-electron chi connectivity index (χ1n) is 8.29. The van der Waals surface area contributed by atoms with Crippen molar-refractivity contribution < 1.29 is 22.7 Å². The fourth-order valence-corrected chi connectivity index (χ4v) is 3.60. The highest BCUT2D eigenvalue weighted by Crippen LogP contribution is 2.28. The van der Waals surface area contributed by atoms with Crippen LogP contribution in [0.25, 0.3) is 0 Å². The summed E-state index contributed by atoms with van der Waals surface area (Å²) in [5, 5.41) is 0. The first-order valence-corrected chi connectivity index (χ1v) is 10.1. The third-order valence-corrected chi connectivity index (χ3v) is 5.49. The van der Waals surface area contributed by atoms with Gasteiger partial charge in [0.05, 0.1) is 27.0 Å². The highest BCUT2D eigenvalue weighted by Gasteiger charge is 2.25. The summed E-state index contributed by atoms with van der Waals surface area (Å²) in [4.78, 5) is 14.2. The van der Waals surface area contributed by atoms with Gasteiger partial charge in [-0.15, -0.1) is 0 Å². The van der Waals surface area contributed by atoms with Crippen molar-refractivity contribution in [2.75, 3.05) is 40.1 Å². The molecule has 25 heavy (non-hydrogen) atoms. The standard InChI is InChI=1S/C17H26N2O5S/c1-23-15-8-7-14(11-16(15)24-2)12-19(25(3,21)22)13-17(20)18-9-5-4-6-10-18/h7-8,11H,4-6,9-10,12-13H2,1-3H3. The number of amides is 1. The molecule has 0 atom stereocenters. The van der Waals surface area contributed by atoms with Crippen molar-refractivity contribution in [2.24, 2.45) is 0 Å². The molecule has 140 valence electrons. The van der Waals surface area contributed by atoms with E-state index in [-0.39, 0.29) is 19.0 Å². The minimum atomic E-state index is -3.52. The van der Waals surface area contributed by atoms with E-state index in [1.165, 1.54) is 18.5 Å². The lowest BCUT2D eigenvalue weighted by Crippen LogP contribution is -2.44. The number of sulfonamides is 1. The highest BCUT2D eigenvalue weighted by molar-refractivity contribution is 7.88.